The number of aryl methyl sites for hydroxylation is 1. The van der Waals surface area contributed by atoms with Gasteiger partial charge in [-0.1, -0.05) is 20.4 Å². The van der Waals surface area contributed by atoms with Gasteiger partial charge in [0, 0.05) is 35.7 Å². The molecule has 2 atom stereocenters. The van der Waals surface area contributed by atoms with E-state index in [1.54, 1.807) is 23.6 Å². The molecule has 0 aromatic carbocycles. The van der Waals surface area contributed by atoms with Gasteiger partial charge in [0.2, 0.25) is 0 Å². The molecule has 1 aliphatic carbocycles. The summed E-state index contributed by atoms with van der Waals surface area (Å²) < 4.78 is 12.0. The van der Waals surface area contributed by atoms with Gasteiger partial charge in [-0.2, -0.15) is 0 Å². The fourth-order valence-corrected chi connectivity index (χ4v) is 4.95. The van der Waals surface area contributed by atoms with E-state index in [0.29, 0.717) is 39.6 Å². The van der Waals surface area contributed by atoms with Gasteiger partial charge in [-0.05, 0) is 52.5 Å². The van der Waals surface area contributed by atoms with Crippen LogP contribution in [-0.2, 0) is 22.1 Å². The molecule has 206 valence electrons. The van der Waals surface area contributed by atoms with Crippen molar-refractivity contribution < 1.29 is 9.00 Å². The molecule has 1 saturated heterocycles. The first-order valence-electron chi connectivity index (χ1n) is 13.3. The van der Waals surface area contributed by atoms with E-state index < -0.39 is 10.8 Å². The lowest BCUT2D eigenvalue weighted by Crippen LogP contribution is -2.57. The number of nitrogens with one attached hydrogen (secondary N) is 1. The van der Waals surface area contributed by atoms with Crippen LogP contribution in [0.15, 0.2) is 51.5 Å². The Balaban J connectivity index is 1.70. The van der Waals surface area contributed by atoms with E-state index in [1.807, 2.05) is 41.5 Å². The molecule has 2 unspecified atom stereocenters. The molecule has 11 heteroatoms. The van der Waals surface area contributed by atoms with Crippen molar-refractivity contribution in [2.24, 2.45) is 9.98 Å². The number of nitrogens with zero attached hydrogens (tertiary/aromatic N) is 7. The monoisotopic (exact) mass is 548 g/mol. The van der Waals surface area contributed by atoms with Gasteiger partial charge in [-0.25, -0.2) is 24.9 Å². The van der Waals surface area contributed by atoms with Crippen LogP contribution in [0.3, 0.4) is 0 Å². The van der Waals surface area contributed by atoms with Gasteiger partial charge in [-0.3, -0.25) is 18.9 Å². The number of allylic oxidation sites excluding steroid dienone is 1. The van der Waals surface area contributed by atoms with Crippen molar-refractivity contribution in [3.05, 3.63) is 59.3 Å². The Morgan fingerprint density at radius 1 is 1.21 bits per heavy atom. The molecule has 10 nitrogen and oxygen atoms in total. The zero-order valence-corrected chi connectivity index (χ0v) is 24.3. The number of rotatable bonds is 9. The first-order chi connectivity index (χ1) is 18.7. The molecule has 0 bridgehead atoms. The Morgan fingerprint density at radius 3 is 2.49 bits per heavy atom. The van der Waals surface area contributed by atoms with Crippen LogP contribution in [-0.4, -0.2) is 58.4 Å². The maximum absolute atomic E-state index is 13.8. The van der Waals surface area contributed by atoms with Crippen molar-refractivity contribution in [3.63, 3.8) is 0 Å². The molecule has 0 spiro atoms. The Morgan fingerprint density at radius 2 is 1.90 bits per heavy atom. The summed E-state index contributed by atoms with van der Waals surface area (Å²) >= 11 is 0. The summed E-state index contributed by atoms with van der Waals surface area (Å²) in [6, 6.07) is -0.138. The number of hydrogen-bond donors (Lipinski definition) is 1. The quantitative estimate of drug-likeness (QED) is 0.501. The minimum atomic E-state index is -1.13. The van der Waals surface area contributed by atoms with Gasteiger partial charge in [0.05, 0.1) is 38.5 Å². The highest BCUT2D eigenvalue weighted by atomic mass is 32.2. The van der Waals surface area contributed by atoms with Crippen molar-refractivity contribution in [1.29, 1.82) is 0 Å². The van der Waals surface area contributed by atoms with E-state index in [2.05, 4.69) is 36.8 Å². The third-order valence-corrected chi connectivity index (χ3v) is 8.05. The second-order valence-electron chi connectivity index (χ2n) is 9.94. The van der Waals surface area contributed by atoms with Crippen molar-refractivity contribution in [1.82, 2.24) is 30.2 Å². The maximum Gasteiger partial charge on any atom is 0.295 e. The van der Waals surface area contributed by atoms with Gasteiger partial charge in [0.15, 0.2) is 11.7 Å². The van der Waals surface area contributed by atoms with Crippen LogP contribution in [0.25, 0.3) is 5.70 Å². The molecule has 4 rings (SSSR count). The molecule has 1 saturated carbocycles. The molecule has 39 heavy (non-hydrogen) atoms. The summed E-state index contributed by atoms with van der Waals surface area (Å²) in [4.78, 5) is 43.0. The summed E-state index contributed by atoms with van der Waals surface area (Å²) in [5.41, 5.74) is 4.82. The summed E-state index contributed by atoms with van der Waals surface area (Å²) in [5, 5.41) is 3.22. The van der Waals surface area contributed by atoms with E-state index in [0.717, 1.165) is 41.8 Å². The predicted molar refractivity (Wildman–Crippen MR) is 153 cm³/mol. The Kier molecular flexibility index (Phi) is 8.79. The molecule has 0 radical (unpaired) electrons. The zero-order chi connectivity index (χ0) is 28.3. The first kappa shape index (κ1) is 28.4. The number of carbonyl (C=O) groups excluding carboxylic acids is 1. The summed E-state index contributed by atoms with van der Waals surface area (Å²) in [6.45, 7) is 16.1. The highest BCUT2D eigenvalue weighted by Crippen LogP contribution is 2.42. The van der Waals surface area contributed by atoms with E-state index in [4.69, 9.17) is 4.99 Å². The van der Waals surface area contributed by atoms with Gasteiger partial charge >= 0.3 is 0 Å². The van der Waals surface area contributed by atoms with Gasteiger partial charge < -0.3 is 5.32 Å². The molecule has 2 aromatic heterocycles. The van der Waals surface area contributed by atoms with E-state index in [-0.39, 0.29) is 24.3 Å². The van der Waals surface area contributed by atoms with Crippen molar-refractivity contribution in [2.45, 2.75) is 84.2 Å². The van der Waals surface area contributed by atoms with Crippen LogP contribution in [0.5, 0.6) is 0 Å². The molecule has 1 N–H and O–H groups in total. The fraction of sp³-hybridized carbons (Fsp3) is 0.464. The average molecular weight is 549 g/mol. The SMILES string of the molecule is C=C(N=C1C(=C(C)C)NC(=NCc2ncc(S(=O)CC)cn2)C(=O)N1C(C)CC)c1c(C)ncnc1C1CC1. The van der Waals surface area contributed by atoms with Crippen LogP contribution < -0.4 is 5.32 Å². The number of aliphatic imine (C=N–C) groups is 2. The lowest BCUT2D eigenvalue weighted by atomic mass is 10.0. The molecule has 2 aliphatic rings. The van der Waals surface area contributed by atoms with Gasteiger partial charge in [0.1, 0.15) is 18.7 Å². The van der Waals surface area contributed by atoms with Crippen LogP contribution in [0.1, 0.15) is 82.6 Å². The molecular formula is C28H36N8O2S. The number of amides is 1. The number of carbonyl (C=O) groups is 1. The number of amidine groups is 2. The normalized spacial score (nSPS) is 19.3. The molecule has 2 fully saturated rings. The number of hydrogen-bond acceptors (Lipinski definition) is 8. The van der Waals surface area contributed by atoms with Gasteiger partial charge in [-0.15, -0.1) is 0 Å². The van der Waals surface area contributed by atoms with E-state index in [1.165, 1.54) is 0 Å². The minimum Gasteiger partial charge on any atom is -0.333 e. The minimum absolute atomic E-state index is 0.0992. The van der Waals surface area contributed by atoms with Crippen molar-refractivity contribution in [3.8, 4) is 0 Å². The Bertz CT molecular complexity index is 1390. The van der Waals surface area contributed by atoms with E-state index in [9.17, 15) is 9.00 Å². The highest BCUT2D eigenvalue weighted by molar-refractivity contribution is 7.85. The van der Waals surface area contributed by atoms with Crippen molar-refractivity contribution >= 4 is 34.1 Å². The zero-order valence-electron chi connectivity index (χ0n) is 23.5. The largest absolute Gasteiger partial charge is 0.333 e. The molecule has 3 heterocycles. The fourth-order valence-electron chi connectivity index (χ4n) is 4.27. The second kappa shape index (κ2) is 12.1. The van der Waals surface area contributed by atoms with Crippen LogP contribution >= 0.6 is 0 Å². The first-order valence-corrected chi connectivity index (χ1v) is 14.6. The second-order valence-corrected chi connectivity index (χ2v) is 11.7. The smallest absolute Gasteiger partial charge is 0.295 e. The summed E-state index contributed by atoms with van der Waals surface area (Å²) in [7, 11) is -1.13. The maximum atomic E-state index is 13.8. The third-order valence-electron chi connectivity index (χ3n) is 6.79. The average Bonchev–Trinajstić information content (AvgIpc) is 3.77. The Hall–Kier alpha value is -3.60. The summed E-state index contributed by atoms with van der Waals surface area (Å²) in [6.07, 6.45) is 7.59. The van der Waals surface area contributed by atoms with E-state index >= 15 is 0 Å². The van der Waals surface area contributed by atoms with Crippen LogP contribution in [0, 0.1) is 6.92 Å². The topological polar surface area (TPSA) is 126 Å². The molecule has 2 aromatic rings. The van der Waals surface area contributed by atoms with Crippen LogP contribution in [0.2, 0.25) is 0 Å². The highest BCUT2D eigenvalue weighted by Gasteiger charge is 2.37. The standard InChI is InChI=1S/C28H36N8O2S/c1-8-17(5)36-27(34-19(7)23-18(6)32-15-33-25(23)20-10-11-20)24(16(3)4)35-26(28(36)37)31-14-22-29-12-21(13-30-22)39(38)9-2/h12-13,15,17,20H,7-11,14H2,1-6H3,(H,31,35). The predicted octanol–water partition coefficient (Wildman–Crippen LogP) is 4.07. The third kappa shape index (κ3) is 6.19. The molecular weight excluding hydrogens is 512 g/mol. The number of piperazine rings is 1. The van der Waals surface area contributed by atoms with Crippen LogP contribution in [0.4, 0.5) is 0 Å². The lowest BCUT2D eigenvalue weighted by molar-refractivity contribution is -0.122. The number of aromatic nitrogens is 4. The molecule has 1 aliphatic heterocycles. The summed E-state index contributed by atoms with van der Waals surface area (Å²) in [5.74, 6) is 1.74. The Labute approximate surface area is 232 Å². The van der Waals surface area contributed by atoms with Gasteiger partial charge in [0.25, 0.3) is 5.91 Å². The lowest BCUT2D eigenvalue weighted by Gasteiger charge is -2.36. The molecule has 1 amide bonds. The van der Waals surface area contributed by atoms with Crippen molar-refractivity contribution in [2.75, 3.05) is 5.75 Å².